The van der Waals surface area contributed by atoms with Crippen LogP contribution in [-0.2, 0) is 0 Å². The van der Waals surface area contributed by atoms with Crippen LogP contribution in [0.2, 0.25) is 0 Å². The monoisotopic (exact) mass is 302 g/mol. The smallest absolute Gasteiger partial charge is 0.231 e. The molecule has 0 saturated carbocycles. The third kappa shape index (κ3) is 1.92. The maximum Gasteiger partial charge on any atom is 0.231 e. The molecule has 0 fully saturated rings. The minimum absolute atomic E-state index is 0.0804. The minimum atomic E-state index is -0.805. The first kappa shape index (κ1) is 12.8. The number of ketones is 1. The minimum Gasteiger partial charge on any atom is -0.454 e. The number of fused-ring (bicyclic) bond motifs is 2. The largest absolute Gasteiger partial charge is 0.454 e. The lowest BCUT2D eigenvalue weighted by molar-refractivity contribution is 0.101. The Labute approximate surface area is 122 Å². The van der Waals surface area contributed by atoms with E-state index in [1.54, 1.807) is 12.1 Å². The Hall–Kier alpha value is -2.89. The fraction of sp³-hybridized carbons (Fsp3) is 0.0625. The maximum absolute atomic E-state index is 13.7. The molecule has 0 unspecified atom stereocenters. The maximum atomic E-state index is 13.7. The number of carbonyl (C=O) groups excluding carboxylic acids is 1. The first-order chi connectivity index (χ1) is 10.6. The molecule has 0 bridgehead atoms. The van der Waals surface area contributed by atoms with Gasteiger partial charge in [0.05, 0.1) is 5.56 Å². The number of carbonyl (C=O) groups is 1. The van der Waals surface area contributed by atoms with Crippen LogP contribution in [0.1, 0.15) is 16.1 Å². The number of rotatable bonds is 2. The van der Waals surface area contributed by atoms with Gasteiger partial charge in [-0.25, -0.2) is 8.78 Å². The number of hydrogen-bond acceptors (Lipinski definition) is 4. The highest BCUT2D eigenvalue weighted by Crippen LogP contribution is 2.37. The van der Waals surface area contributed by atoms with Gasteiger partial charge >= 0.3 is 0 Å². The fourth-order valence-electron chi connectivity index (χ4n) is 2.35. The molecule has 1 aromatic heterocycles. The lowest BCUT2D eigenvalue weighted by Gasteiger charge is -1.99. The van der Waals surface area contributed by atoms with E-state index in [4.69, 9.17) is 13.9 Å². The summed E-state index contributed by atoms with van der Waals surface area (Å²) in [5.74, 6) is -1.25. The number of ether oxygens (including phenoxy) is 2. The molecule has 4 rings (SSSR count). The summed E-state index contributed by atoms with van der Waals surface area (Å²) in [7, 11) is 0. The molecule has 0 spiro atoms. The Balaban J connectivity index is 1.80. The lowest BCUT2D eigenvalue weighted by Crippen LogP contribution is -2.03. The van der Waals surface area contributed by atoms with Crippen LogP contribution in [0.15, 0.2) is 40.8 Å². The molecule has 0 radical (unpaired) electrons. The zero-order valence-electron chi connectivity index (χ0n) is 11.1. The number of halogens is 2. The molecular weight excluding hydrogens is 294 g/mol. The van der Waals surface area contributed by atoms with Crippen molar-refractivity contribution in [3.63, 3.8) is 0 Å². The van der Waals surface area contributed by atoms with Crippen molar-refractivity contribution in [1.29, 1.82) is 0 Å². The van der Waals surface area contributed by atoms with Crippen LogP contribution in [0.5, 0.6) is 11.5 Å². The molecule has 3 aromatic rings. The summed E-state index contributed by atoms with van der Waals surface area (Å²) in [4.78, 5) is 12.3. The molecule has 0 aliphatic carbocycles. The third-order valence-electron chi connectivity index (χ3n) is 3.41. The first-order valence-corrected chi connectivity index (χ1v) is 6.45. The predicted octanol–water partition coefficient (Wildman–Crippen LogP) is 3.67. The second kappa shape index (κ2) is 4.56. The van der Waals surface area contributed by atoms with Gasteiger partial charge in [0, 0.05) is 11.5 Å². The van der Waals surface area contributed by atoms with Crippen LogP contribution in [0, 0.1) is 11.6 Å². The highest BCUT2D eigenvalue weighted by molar-refractivity contribution is 6.09. The van der Waals surface area contributed by atoms with E-state index in [2.05, 4.69) is 0 Å². The van der Waals surface area contributed by atoms with Gasteiger partial charge in [0.1, 0.15) is 17.2 Å². The summed E-state index contributed by atoms with van der Waals surface area (Å²) in [5, 5.41) is 0.615. The molecule has 4 nitrogen and oxygen atoms in total. The summed E-state index contributed by atoms with van der Waals surface area (Å²) >= 11 is 0. The quantitative estimate of drug-likeness (QED) is 0.678. The molecule has 0 atom stereocenters. The van der Waals surface area contributed by atoms with Crippen LogP contribution >= 0.6 is 0 Å². The van der Waals surface area contributed by atoms with E-state index in [1.165, 1.54) is 6.07 Å². The fourth-order valence-corrected chi connectivity index (χ4v) is 2.35. The van der Waals surface area contributed by atoms with Gasteiger partial charge in [-0.3, -0.25) is 4.79 Å². The highest BCUT2D eigenvalue weighted by Gasteiger charge is 2.21. The summed E-state index contributed by atoms with van der Waals surface area (Å²) in [5.41, 5.74) is 0.0310. The Bertz CT molecular complexity index is 873. The van der Waals surface area contributed by atoms with Crippen molar-refractivity contribution < 1.29 is 27.5 Å². The summed E-state index contributed by atoms with van der Waals surface area (Å²) in [6.07, 6.45) is 0. The zero-order valence-corrected chi connectivity index (χ0v) is 11.1. The highest BCUT2D eigenvalue weighted by atomic mass is 19.1. The SMILES string of the molecule is O=C(c1cc2cc3c(cc2o1)OCO3)c1cc(F)ccc1F. The van der Waals surface area contributed by atoms with Crippen LogP contribution < -0.4 is 9.47 Å². The second-order valence-electron chi connectivity index (χ2n) is 4.81. The third-order valence-corrected chi connectivity index (χ3v) is 3.41. The van der Waals surface area contributed by atoms with E-state index in [1.807, 2.05) is 0 Å². The predicted molar refractivity (Wildman–Crippen MR) is 72.1 cm³/mol. The topological polar surface area (TPSA) is 48.7 Å². The van der Waals surface area contributed by atoms with Crippen molar-refractivity contribution in [2.24, 2.45) is 0 Å². The van der Waals surface area contributed by atoms with Crippen molar-refractivity contribution in [3.05, 3.63) is 59.4 Å². The molecule has 1 aliphatic heterocycles. The van der Waals surface area contributed by atoms with Gasteiger partial charge in [-0.05, 0) is 30.3 Å². The molecule has 2 heterocycles. The van der Waals surface area contributed by atoms with Gasteiger partial charge < -0.3 is 13.9 Å². The molecule has 0 amide bonds. The average molecular weight is 302 g/mol. The van der Waals surface area contributed by atoms with Crippen LogP contribution in [0.25, 0.3) is 11.0 Å². The summed E-state index contributed by atoms with van der Waals surface area (Å²) < 4.78 is 42.8. The van der Waals surface area contributed by atoms with E-state index in [-0.39, 0.29) is 18.1 Å². The summed E-state index contributed by atoms with van der Waals surface area (Å²) in [6, 6.07) is 7.42. The molecule has 22 heavy (non-hydrogen) atoms. The van der Waals surface area contributed by atoms with Crippen molar-refractivity contribution >= 4 is 16.8 Å². The first-order valence-electron chi connectivity index (χ1n) is 6.45. The van der Waals surface area contributed by atoms with Crippen molar-refractivity contribution in [1.82, 2.24) is 0 Å². The molecule has 110 valence electrons. The van der Waals surface area contributed by atoms with E-state index in [0.29, 0.717) is 22.5 Å². The van der Waals surface area contributed by atoms with Gasteiger partial charge in [0.15, 0.2) is 17.3 Å². The van der Waals surface area contributed by atoms with E-state index in [9.17, 15) is 13.6 Å². The number of furan rings is 1. The van der Waals surface area contributed by atoms with Gasteiger partial charge in [0.2, 0.25) is 12.6 Å². The van der Waals surface area contributed by atoms with Crippen LogP contribution in [0.4, 0.5) is 8.78 Å². The molecule has 0 N–H and O–H groups in total. The summed E-state index contributed by atoms with van der Waals surface area (Å²) in [6.45, 7) is 0.127. The number of hydrogen-bond donors (Lipinski definition) is 0. The second-order valence-corrected chi connectivity index (χ2v) is 4.81. The van der Waals surface area contributed by atoms with Gasteiger partial charge in [0.25, 0.3) is 0 Å². The van der Waals surface area contributed by atoms with Crippen molar-refractivity contribution in [2.45, 2.75) is 0 Å². The normalized spacial score (nSPS) is 12.8. The Morgan fingerprint density at radius 2 is 1.77 bits per heavy atom. The average Bonchev–Trinajstić information content (AvgIpc) is 3.11. The molecule has 2 aromatic carbocycles. The Kier molecular flexibility index (Phi) is 2.66. The van der Waals surface area contributed by atoms with E-state index >= 15 is 0 Å². The van der Waals surface area contributed by atoms with Gasteiger partial charge in [-0.1, -0.05) is 0 Å². The molecular formula is C16H8F2O4. The van der Waals surface area contributed by atoms with E-state index in [0.717, 1.165) is 18.2 Å². The number of benzene rings is 2. The Morgan fingerprint density at radius 1 is 1.00 bits per heavy atom. The molecule has 6 heteroatoms. The van der Waals surface area contributed by atoms with Gasteiger partial charge in [-0.15, -0.1) is 0 Å². The molecule has 0 saturated heterocycles. The van der Waals surface area contributed by atoms with Crippen molar-refractivity contribution in [3.8, 4) is 11.5 Å². The lowest BCUT2D eigenvalue weighted by atomic mass is 10.1. The zero-order chi connectivity index (χ0) is 15.3. The standard InChI is InChI=1S/C16H8F2O4/c17-9-1-2-11(18)10(5-9)16(19)15-4-8-3-13-14(21-7-20-13)6-12(8)22-15/h1-6H,7H2. The van der Waals surface area contributed by atoms with Crippen LogP contribution in [0.3, 0.4) is 0 Å². The van der Waals surface area contributed by atoms with Crippen molar-refractivity contribution in [2.75, 3.05) is 6.79 Å². The van der Waals surface area contributed by atoms with Crippen LogP contribution in [-0.4, -0.2) is 12.6 Å². The van der Waals surface area contributed by atoms with Gasteiger partial charge in [-0.2, -0.15) is 0 Å². The van der Waals surface area contributed by atoms with E-state index < -0.39 is 17.4 Å². The Morgan fingerprint density at radius 3 is 2.59 bits per heavy atom. The molecule has 1 aliphatic rings.